The molecule has 0 aromatic carbocycles. The predicted octanol–water partition coefficient (Wildman–Crippen LogP) is 8.54. The second-order valence-corrected chi connectivity index (χ2v) is 3.73. The van der Waals surface area contributed by atoms with Gasteiger partial charge in [0, 0.05) is 0 Å². The van der Waals surface area contributed by atoms with E-state index in [4.69, 9.17) is 0 Å². The van der Waals surface area contributed by atoms with Gasteiger partial charge in [-0.15, -0.1) is 13.2 Å². The van der Waals surface area contributed by atoms with Gasteiger partial charge in [0.2, 0.25) is 0 Å². The molecule has 0 nitrogen and oxygen atoms in total. The summed E-state index contributed by atoms with van der Waals surface area (Å²) in [6.45, 7) is 31.9. The minimum absolute atomic E-state index is 0.866. The maximum Gasteiger partial charge on any atom is -0.0382 e. The van der Waals surface area contributed by atoms with Gasteiger partial charge in [0.1, 0.15) is 0 Å². The normalized spacial score (nSPS) is 8.05. The summed E-state index contributed by atoms with van der Waals surface area (Å²) in [6.07, 6.45) is 6.03. The van der Waals surface area contributed by atoms with Crippen molar-refractivity contribution in [1.82, 2.24) is 0 Å². The maximum atomic E-state index is 3.48. The number of rotatable bonds is 3. The van der Waals surface area contributed by atoms with Crippen LogP contribution in [-0.4, -0.2) is 0 Å². The second kappa shape index (κ2) is 62.8. The van der Waals surface area contributed by atoms with E-state index in [2.05, 4.69) is 47.8 Å². The largest absolute Gasteiger partial charge is 0.103 e. The van der Waals surface area contributed by atoms with Crippen molar-refractivity contribution in [1.29, 1.82) is 0 Å². The topological polar surface area (TPSA) is 0 Å². The minimum atomic E-state index is 0.866. The van der Waals surface area contributed by atoms with Gasteiger partial charge < -0.3 is 0 Å². The molecule has 0 aliphatic carbocycles. The van der Waals surface area contributed by atoms with Crippen LogP contribution < -0.4 is 0 Å². The average molecular weight is 289 g/mol. The molecule has 0 amide bonds. The molecule has 0 radical (unpaired) electrons. The van der Waals surface area contributed by atoms with E-state index in [1.54, 1.807) is 6.08 Å². The van der Waals surface area contributed by atoms with Gasteiger partial charge in [-0.05, 0) is 25.2 Å². The lowest BCUT2D eigenvalue weighted by atomic mass is 9.96. The Kier molecular flexibility index (Phi) is 115. The highest BCUT2D eigenvalue weighted by Gasteiger charge is 2.01. The summed E-state index contributed by atoms with van der Waals surface area (Å²) >= 11 is 0. The van der Waals surface area contributed by atoms with Crippen molar-refractivity contribution in [3.05, 3.63) is 25.3 Å². The fraction of sp³-hybridized carbons (Fsp3) is 0.800. The summed E-state index contributed by atoms with van der Waals surface area (Å²) in [5.41, 5.74) is 0. The zero-order valence-electron chi connectivity index (χ0n) is 17.1. The first kappa shape index (κ1) is 36.6. The van der Waals surface area contributed by atoms with Crippen LogP contribution >= 0.6 is 0 Å². The minimum Gasteiger partial charge on any atom is -0.103 e. The van der Waals surface area contributed by atoms with Gasteiger partial charge in [-0.1, -0.05) is 94.7 Å². The monoisotopic (exact) mass is 288 g/mol. The van der Waals surface area contributed by atoms with Crippen molar-refractivity contribution >= 4 is 0 Å². The molecule has 0 saturated heterocycles. The molecule has 20 heavy (non-hydrogen) atoms. The van der Waals surface area contributed by atoms with Crippen molar-refractivity contribution in [2.45, 2.75) is 95.9 Å². The fourth-order valence-electron chi connectivity index (χ4n) is 0.471. The lowest BCUT2D eigenvalue weighted by Crippen LogP contribution is -2.00. The summed E-state index contributed by atoms with van der Waals surface area (Å²) in [5.74, 6) is 1.77. The molecule has 0 saturated carbocycles. The molecule has 0 spiro atoms. The molecule has 0 heterocycles. The van der Waals surface area contributed by atoms with Crippen molar-refractivity contribution in [2.75, 3.05) is 0 Å². The van der Waals surface area contributed by atoms with Crippen LogP contribution in [0.5, 0.6) is 0 Å². The standard InChI is InChI=1S/C7H16.C4H8.C3H6.3C2H6/c1-5-7(4)6(2)3;1-3-4-2;1-3-2;3*1-2/h6-7H,5H2,1-4H3;3H,1,4H2,2H3;3H,1H2,2H3;3*1-2H3. The van der Waals surface area contributed by atoms with E-state index in [-0.39, 0.29) is 0 Å². The Morgan fingerprint density at radius 3 is 1.00 bits per heavy atom. The number of hydrogen-bond acceptors (Lipinski definition) is 0. The zero-order valence-corrected chi connectivity index (χ0v) is 17.1. The molecule has 0 bridgehead atoms. The SMILES string of the molecule is C=CC.C=CCC.CC.CC.CC.CCC(C)C(C)C. The number of hydrogen-bond donors (Lipinski definition) is 0. The Morgan fingerprint density at radius 1 is 0.800 bits per heavy atom. The van der Waals surface area contributed by atoms with Crippen LogP contribution in [0.4, 0.5) is 0 Å². The van der Waals surface area contributed by atoms with Crippen LogP contribution in [0.25, 0.3) is 0 Å². The molecule has 0 aliphatic rings. The molecule has 0 fully saturated rings. The first-order valence-electron chi connectivity index (χ1n) is 8.69. The third kappa shape index (κ3) is 113. The van der Waals surface area contributed by atoms with E-state index in [9.17, 15) is 0 Å². The quantitative estimate of drug-likeness (QED) is 0.456. The Morgan fingerprint density at radius 2 is 1.00 bits per heavy atom. The van der Waals surface area contributed by atoms with Crippen LogP contribution in [0.2, 0.25) is 0 Å². The third-order valence-electron chi connectivity index (χ3n) is 2.07. The Bertz CT molecular complexity index is 101. The van der Waals surface area contributed by atoms with Crippen LogP contribution in [0.15, 0.2) is 25.3 Å². The van der Waals surface area contributed by atoms with Gasteiger partial charge in [0.15, 0.2) is 0 Å². The molecule has 1 unspecified atom stereocenters. The van der Waals surface area contributed by atoms with Crippen molar-refractivity contribution < 1.29 is 0 Å². The smallest absolute Gasteiger partial charge is 0.0382 e. The predicted molar refractivity (Wildman–Crippen MR) is 105 cm³/mol. The lowest BCUT2D eigenvalue weighted by Gasteiger charge is -2.10. The third-order valence-corrected chi connectivity index (χ3v) is 2.07. The van der Waals surface area contributed by atoms with Gasteiger partial charge in [-0.3, -0.25) is 0 Å². The van der Waals surface area contributed by atoms with Gasteiger partial charge in [-0.25, -0.2) is 0 Å². The number of allylic oxidation sites excluding steroid dienone is 2. The summed E-state index contributed by atoms with van der Waals surface area (Å²) in [7, 11) is 0. The highest BCUT2D eigenvalue weighted by atomic mass is 14.1. The van der Waals surface area contributed by atoms with Crippen LogP contribution in [0, 0.1) is 11.8 Å². The molecular formula is C20H48. The van der Waals surface area contributed by atoms with E-state index in [1.807, 2.05) is 54.5 Å². The first-order chi connectivity index (χ1) is 9.51. The Hall–Kier alpha value is -0.520. The molecular weight excluding hydrogens is 240 g/mol. The average Bonchev–Trinajstić information content (AvgIpc) is 2.53. The van der Waals surface area contributed by atoms with E-state index in [0.29, 0.717) is 0 Å². The maximum absolute atomic E-state index is 3.48. The summed E-state index contributed by atoms with van der Waals surface area (Å²) in [4.78, 5) is 0. The van der Waals surface area contributed by atoms with Crippen LogP contribution in [0.1, 0.15) is 95.9 Å². The molecule has 0 rings (SSSR count). The van der Waals surface area contributed by atoms with Gasteiger partial charge in [0.05, 0.1) is 0 Å². The zero-order chi connectivity index (χ0) is 18.0. The fourth-order valence-corrected chi connectivity index (χ4v) is 0.471. The van der Waals surface area contributed by atoms with Crippen molar-refractivity contribution in [3.8, 4) is 0 Å². The molecule has 1 atom stereocenters. The molecule has 0 aromatic heterocycles. The highest BCUT2D eigenvalue weighted by molar-refractivity contribution is 4.60. The van der Waals surface area contributed by atoms with E-state index >= 15 is 0 Å². The van der Waals surface area contributed by atoms with Gasteiger partial charge >= 0.3 is 0 Å². The Labute approximate surface area is 133 Å². The molecule has 0 aliphatic heterocycles. The van der Waals surface area contributed by atoms with Gasteiger partial charge in [-0.2, -0.15) is 0 Å². The van der Waals surface area contributed by atoms with E-state index in [0.717, 1.165) is 18.3 Å². The van der Waals surface area contributed by atoms with Crippen LogP contribution in [-0.2, 0) is 0 Å². The van der Waals surface area contributed by atoms with Crippen LogP contribution in [0.3, 0.4) is 0 Å². The second-order valence-electron chi connectivity index (χ2n) is 3.73. The van der Waals surface area contributed by atoms with Crippen molar-refractivity contribution in [2.24, 2.45) is 11.8 Å². The van der Waals surface area contributed by atoms with E-state index < -0.39 is 0 Å². The molecule has 0 N–H and O–H groups in total. The van der Waals surface area contributed by atoms with Crippen molar-refractivity contribution in [3.63, 3.8) is 0 Å². The Balaban J connectivity index is -0.0000000327. The lowest BCUT2D eigenvalue weighted by molar-refractivity contribution is 0.407. The highest BCUT2D eigenvalue weighted by Crippen LogP contribution is 2.11. The summed E-state index contributed by atoms with van der Waals surface area (Å²) < 4.78 is 0. The summed E-state index contributed by atoms with van der Waals surface area (Å²) in [5, 5.41) is 0. The molecule has 0 aromatic rings. The molecule has 0 heteroatoms. The first-order valence-corrected chi connectivity index (χ1v) is 8.69. The van der Waals surface area contributed by atoms with E-state index in [1.165, 1.54) is 6.42 Å². The molecule has 128 valence electrons. The van der Waals surface area contributed by atoms with Gasteiger partial charge in [0.25, 0.3) is 0 Å². The summed E-state index contributed by atoms with van der Waals surface area (Å²) in [6, 6.07) is 0.